The maximum absolute atomic E-state index is 10.3. The molecule has 2 aliphatic rings. The number of aliphatic hydroxyl groups excluding tert-OH is 1. The molecule has 2 fully saturated rings. The van der Waals surface area contributed by atoms with Crippen LogP contribution < -0.4 is 4.74 Å². The molecule has 2 heterocycles. The number of methoxy groups -OCH3 is 1. The van der Waals surface area contributed by atoms with Crippen LogP contribution in [0, 0.1) is 0 Å². The summed E-state index contributed by atoms with van der Waals surface area (Å²) < 4.78 is 30.1. The molecule has 140 valence electrons. The first-order valence-corrected chi connectivity index (χ1v) is 9.27. The minimum Gasteiger partial charge on any atom is -0.496 e. The van der Waals surface area contributed by atoms with Gasteiger partial charge in [-0.15, -0.1) is 0 Å². The molecule has 0 aromatic heterocycles. The lowest BCUT2D eigenvalue weighted by Crippen LogP contribution is -2.42. The molecule has 2 saturated heterocycles. The second kappa shape index (κ2) is 7.50. The molecule has 0 spiro atoms. The Morgan fingerprint density at radius 3 is 2.76 bits per heavy atom. The molecule has 7 heteroatoms. The predicted molar refractivity (Wildman–Crippen MR) is 94.3 cm³/mol. The van der Waals surface area contributed by atoms with Gasteiger partial charge in [-0.1, -0.05) is 28.9 Å². The third-order valence-electron chi connectivity index (χ3n) is 4.50. The van der Waals surface area contributed by atoms with Gasteiger partial charge in [0.1, 0.15) is 24.1 Å². The summed E-state index contributed by atoms with van der Waals surface area (Å²) in [5, 5.41) is 10.3. The Hall–Kier alpha value is -0.700. The van der Waals surface area contributed by atoms with Crippen LogP contribution in [0.1, 0.15) is 32.8 Å². The first-order valence-electron chi connectivity index (χ1n) is 8.48. The van der Waals surface area contributed by atoms with Crippen LogP contribution in [0.3, 0.4) is 0 Å². The Labute approximate surface area is 156 Å². The van der Waals surface area contributed by atoms with Crippen molar-refractivity contribution in [2.45, 2.75) is 70.3 Å². The van der Waals surface area contributed by atoms with Gasteiger partial charge in [0.2, 0.25) is 0 Å². The molecule has 0 bridgehead atoms. The molecule has 0 unspecified atom stereocenters. The van der Waals surface area contributed by atoms with Gasteiger partial charge >= 0.3 is 0 Å². The first-order chi connectivity index (χ1) is 11.8. The van der Waals surface area contributed by atoms with Crippen LogP contribution in [0.5, 0.6) is 5.75 Å². The van der Waals surface area contributed by atoms with Gasteiger partial charge in [-0.25, -0.2) is 0 Å². The van der Waals surface area contributed by atoms with E-state index in [0.29, 0.717) is 13.0 Å². The Morgan fingerprint density at radius 1 is 1.32 bits per heavy atom. The van der Waals surface area contributed by atoms with Gasteiger partial charge < -0.3 is 28.8 Å². The van der Waals surface area contributed by atoms with Crippen molar-refractivity contribution in [1.29, 1.82) is 0 Å². The van der Waals surface area contributed by atoms with E-state index in [1.807, 2.05) is 39.0 Å². The van der Waals surface area contributed by atoms with E-state index in [0.717, 1.165) is 15.8 Å². The van der Waals surface area contributed by atoms with Gasteiger partial charge in [-0.2, -0.15) is 0 Å². The lowest BCUT2D eigenvalue weighted by Gasteiger charge is -2.28. The summed E-state index contributed by atoms with van der Waals surface area (Å²) in [6, 6.07) is 5.77. The summed E-state index contributed by atoms with van der Waals surface area (Å²) in [5.74, 6) is 0.00957. The normalized spacial score (nSPS) is 31.8. The van der Waals surface area contributed by atoms with Gasteiger partial charge in [0.05, 0.1) is 19.8 Å². The van der Waals surface area contributed by atoms with E-state index in [1.165, 1.54) is 0 Å². The molecule has 5 atom stereocenters. The fraction of sp³-hybridized carbons (Fsp3) is 0.667. The number of halogens is 1. The van der Waals surface area contributed by atoms with E-state index in [-0.39, 0.29) is 6.10 Å². The van der Waals surface area contributed by atoms with Gasteiger partial charge in [0.25, 0.3) is 0 Å². The van der Waals surface area contributed by atoms with Crippen molar-refractivity contribution in [2.75, 3.05) is 7.11 Å². The summed E-state index contributed by atoms with van der Waals surface area (Å²) in [6.07, 6.45) is -1.89. The average Bonchev–Trinajstić information content (AvgIpc) is 3.04. The van der Waals surface area contributed by atoms with Gasteiger partial charge in [0.15, 0.2) is 12.1 Å². The van der Waals surface area contributed by atoms with E-state index in [9.17, 15) is 5.11 Å². The molecule has 1 aromatic carbocycles. The number of ether oxygens (including phenoxy) is 5. The third-order valence-corrected chi connectivity index (χ3v) is 5.00. The van der Waals surface area contributed by atoms with Gasteiger partial charge in [-0.05, 0) is 32.4 Å². The highest BCUT2D eigenvalue weighted by Gasteiger charge is 2.56. The third kappa shape index (κ3) is 4.02. The largest absolute Gasteiger partial charge is 0.496 e. The highest BCUT2D eigenvalue weighted by Crippen LogP contribution is 2.40. The SMILES string of the molecule is CC[C@@H](O)[C@H]1O[C@@H]2OC(C)(C)O[C@@H]2[C@H]1OCc1ccc(Br)cc1OC. The first kappa shape index (κ1) is 19.1. The predicted octanol–water partition coefficient (Wildman–Crippen LogP) is 2.99. The number of rotatable bonds is 6. The minimum atomic E-state index is -0.728. The fourth-order valence-electron chi connectivity index (χ4n) is 3.26. The Bertz CT molecular complexity index is 607. The molecule has 0 amide bonds. The van der Waals surface area contributed by atoms with Crippen LogP contribution in [-0.4, -0.2) is 48.7 Å². The molecular weight excluding hydrogens is 392 g/mol. The second-order valence-electron chi connectivity index (χ2n) is 6.78. The highest BCUT2D eigenvalue weighted by atomic mass is 79.9. The Morgan fingerprint density at radius 2 is 2.08 bits per heavy atom. The lowest BCUT2D eigenvalue weighted by molar-refractivity contribution is -0.230. The van der Waals surface area contributed by atoms with Crippen LogP contribution in [0.25, 0.3) is 0 Å². The molecule has 2 aliphatic heterocycles. The van der Waals surface area contributed by atoms with E-state index in [2.05, 4.69) is 15.9 Å². The molecule has 1 aromatic rings. The molecule has 6 nitrogen and oxygen atoms in total. The second-order valence-corrected chi connectivity index (χ2v) is 7.69. The van der Waals surface area contributed by atoms with Crippen molar-refractivity contribution in [3.8, 4) is 5.75 Å². The average molecular weight is 417 g/mol. The molecule has 0 aliphatic carbocycles. The number of benzene rings is 1. The van der Waals surface area contributed by atoms with E-state index in [4.69, 9.17) is 23.7 Å². The standard InChI is InChI=1S/C18H25BrO6/c1-5-12(20)14-15(16-17(23-14)25-18(2,3)24-16)22-9-10-6-7-11(19)8-13(10)21-4/h6-8,12,14-17,20H,5,9H2,1-4H3/t12-,14-,15+,16-,17-/m1/s1. The summed E-state index contributed by atoms with van der Waals surface area (Å²) >= 11 is 3.43. The van der Waals surface area contributed by atoms with Crippen molar-refractivity contribution in [3.63, 3.8) is 0 Å². The van der Waals surface area contributed by atoms with E-state index in [1.54, 1.807) is 7.11 Å². The van der Waals surface area contributed by atoms with E-state index >= 15 is 0 Å². The van der Waals surface area contributed by atoms with Crippen LogP contribution in [0.4, 0.5) is 0 Å². The summed E-state index contributed by atoms with van der Waals surface area (Å²) in [7, 11) is 1.63. The van der Waals surface area contributed by atoms with Crippen LogP contribution in [0.15, 0.2) is 22.7 Å². The van der Waals surface area contributed by atoms with E-state index < -0.39 is 30.4 Å². The maximum Gasteiger partial charge on any atom is 0.190 e. The van der Waals surface area contributed by atoms with Crippen molar-refractivity contribution in [3.05, 3.63) is 28.2 Å². The smallest absolute Gasteiger partial charge is 0.190 e. The summed E-state index contributed by atoms with van der Waals surface area (Å²) in [6.45, 7) is 5.91. The molecule has 0 radical (unpaired) electrons. The lowest BCUT2D eigenvalue weighted by atomic mass is 10.0. The number of fused-ring (bicyclic) bond motifs is 1. The zero-order valence-electron chi connectivity index (χ0n) is 14.9. The van der Waals surface area contributed by atoms with Crippen LogP contribution >= 0.6 is 15.9 Å². The zero-order valence-corrected chi connectivity index (χ0v) is 16.5. The highest BCUT2D eigenvalue weighted by molar-refractivity contribution is 9.10. The minimum absolute atomic E-state index is 0.324. The van der Waals surface area contributed by atoms with Crippen LogP contribution in [-0.2, 0) is 25.6 Å². The molecule has 0 saturated carbocycles. The maximum atomic E-state index is 10.3. The Balaban J connectivity index is 1.75. The quantitative estimate of drug-likeness (QED) is 0.768. The van der Waals surface area contributed by atoms with Gasteiger partial charge in [0, 0.05) is 10.0 Å². The molecule has 3 rings (SSSR count). The summed E-state index contributed by atoms with van der Waals surface area (Å²) in [4.78, 5) is 0. The Kier molecular flexibility index (Phi) is 5.72. The fourth-order valence-corrected chi connectivity index (χ4v) is 3.60. The van der Waals surface area contributed by atoms with Crippen molar-refractivity contribution in [1.82, 2.24) is 0 Å². The zero-order chi connectivity index (χ0) is 18.2. The van der Waals surface area contributed by atoms with Gasteiger partial charge in [-0.3, -0.25) is 0 Å². The monoisotopic (exact) mass is 416 g/mol. The molecule has 25 heavy (non-hydrogen) atoms. The number of hydrogen-bond acceptors (Lipinski definition) is 6. The number of hydrogen-bond donors (Lipinski definition) is 1. The van der Waals surface area contributed by atoms with Crippen molar-refractivity contribution >= 4 is 15.9 Å². The summed E-state index contributed by atoms with van der Waals surface area (Å²) in [5.41, 5.74) is 0.914. The van der Waals surface area contributed by atoms with Crippen molar-refractivity contribution in [2.24, 2.45) is 0 Å². The van der Waals surface area contributed by atoms with Crippen molar-refractivity contribution < 1.29 is 28.8 Å². The molecular formula is C18H25BrO6. The van der Waals surface area contributed by atoms with Crippen LogP contribution in [0.2, 0.25) is 0 Å². The number of aliphatic hydroxyl groups is 1. The molecule has 1 N–H and O–H groups in total. The topological polar surface area (TPSA) is 66.4 Å².